The third-order valence-electron chi connectivity index (χ3n) is 2.71. The smallest absolute Gasteiger partial charge is 0.329 e. The van der Waals surface area contributed by atoms with Gasteiger partial charge in [-0.2, -0.15) is 0 Å². The lowest BCUT2D eigenvalue weighted by atomic mass is 9.96. The molecule has 16 heavy (non-hydrogen) atoms. The van der Waals surface area contributed by atoms with E-state index in [0.717, 1.165) is 12.8 Å². The number of carboxylic acids is 1. The highest BCUT2D eigenvalue weighted by Gasteiger charge is 2.48. The number of nitrogens with one attached hydrogen (secondary N) is 1. The normalized spacial score (nSPS) is 18.6. The number of hydrogen-bond acceptors (Lipinski definition) is 3. The summed E-state index contributed by atoms with van der Waals surface area (Å²) in [5.74, 6) is -0.110. The maximum absolute atomic E-state index is 11.5. The minimum Gasteiger partial charge on any atom is -0.480 e. The van der Waals surface area contributed by atoms with Gasteiger partial charge in [0, 0.05) is 5.75 Å². The van der Waals surface area contributed by atoms with Crippen LogP contribution in [0.3, 0.4) is 0 Å². The van der Waals surface area contributed by atoms with Gasteiger partial charge in [0.1, 0.15) is 5.54 Å². The quantitative estimate of drug-likeness (QED) is 0.522. The number of carbonyl (C=O) groups is 2. The molecule has 2 N–H and O–H groups in total. The summed E-state index contributed by atoms with van der Waals surface area (Å²) >= 11 is 1.42. The summed E-state index contributed by atoms with van der Waals surface area (Å²) in [5.41, 5.74) is -1.09. The largest absolute Gasteiger partial charge is 0.480 e. The number of rotatable bonds is 7. The molecule has 0 spiro atoms. The van der Waals surface area contributed by atoms with Crippen molar-refractivity contribution >= 4 is 23.6 Å². The molecule has 0 heterocycles. The van der Waals surface area contributed by atoms with Crippen LogP contribution in [0.4, 0.5) is 0 Å². The number of carbonyl (C=O) groups excluding carboxylic acids is 1. The Labute approximate surface area is 99.5 Å². The Morgan fingerprint density at radius 3 is 2.69 bits per heavy atom. The first-order valence-corrected chi connectivity index (χ1v) is 6.39. The van der Waals surface area contributed by atoms with Crippen molar-refractivity contribution in [3.8, 4) is 0 Å². The maximum Gasteiger partial charge on any atom is 0.329 e. The highest BCUT2D eigenvalue weighted by molar-refractivity contribution is 8.00. The lowest BCUT2D eigenvalue weighted by molar-refractivity contribution is -0.147. The third kappa shape index (κ3) is 3.27. The molecule has 0 aliphatic heterocycles. The molecule has 0 aromatic carbocycles. The second-order valence-corrected chi connectivity index (χ2v) is 5.16. The molecular weight excluding hydrogens is 226 g/mol. The SMILES string of the molecule is C=CCSCC(=O)NC(C)(C(=O)O)C1CC1. The molecule has 1 amide bonds. The fourth-order valence-electron chi connectivity index (χ4n) is 1.55. The number of aliphatic carboxylic acids is 1. The Hall–Kier alpha value is -0.970. The number of thioether (sulfide) groups is 1. The van der Waals surface area contributed by atoms with Crippen molar-refractivity contribution in [1.29, 1.82) is 0 Å². The molecular formula is C11H17NO3S. The van der Waals surface area contributed by atoms with Crippen LogP contribution >= 0.6 is 11.8 Å². The van der Waals surface area contributed by atoms with E-state index in [9.17, 15) is 9.59 Å². The molecule has 90 valence electrons. The van der Waals surface area contributed by atoms with Gasteiger partial charge < -0.3 is 10.4 Å². The lowest BCUT2D eigenvalue weighted by Gasteiger charge is -2.25. The number of carboxylic acid groups (broad SMARTS) is 1. The van der Waals surface area contributed by atoms with E-state index < -0.39 is 11.5 Å². The number of hydrogen-bond donors (Lipinski definition) is 2. The predicted molar refractivity (Wildman–Crippen MR) is 64.4 cm³/mol. The van der Waals surface area contributed by atoms with Crippen molar-refractivity contribution in [3.05, 3.63) is 12.7 Å². The Kier molecular flexibility index (Phi) is 4.41. The number of amides is 1. The van der Waals surface area contributed by atoms with E-state index in [4.69, 9.17) is 5.11 Å². The molecule has 0 bridgehead atoms. The maximum atomic E-state index is 11.5. The zero-order valence-electron chi connectivity index (χ0n) is 9.36. The predicted octanol–water partition coefficient (Wildman–Crippen LogP) is 1.28. The van der Waals surface area contributed by atoms with E-state index in [1.54, 1.807) is 13.0 Å². The highest BCUT2D eigenvalue weighted by Crippen LogP contribution is 2.39. The van der Waals surface area contributed by atoms with E-state index in [2.05, 4.69) is 11.9 Å². The molecule has 1 rings (SSSR count). The minimum atomic E-state index is -1.09. The van der Waals surface area contributed by atoms with E-state index >= 15 is 0 Å². The second kappa shape index (κ2) is 5.39. The van der Waals surface area contributed by atoms with Gasteiger partial charge in [0.2, 0.25) is 5.91 Å². The van der Waals surface area contributed by atoms with Gasteiger partial charge in [-0.1, -0.05) is 6.08 Å². The van der Waals surface area contributed by atoms with Gasteiger partial charge in [0.25, 0.3) is 0 Å². The fourth-order valence-corrected chi connectivity index (χ4v) is 2.09. The standard InChI is InChI=1S/C11H17NO3S/c1-3-6-16-7-9(13)12-11(2,10(14)15)8-4-5-8/h3,8H,1,4-7H2,2H3,(H,12,13)(H,14,15). The topological polar surface area (TPSA) is 66.4 Å². The Balaban J connectivity index is 2.45. The highest BCUT2D eigenvalue weighted by atomic mass is 32.2. The van der Waals surface area contributed by atoms with Crippen LogP contribution in [0.25, 0.3) is 0 Å². The zero-order chi connectivity index (χ0) is 12.2. The van der Waals surface area contributed by atoms with Crippen molar-refractivity contribution in [2.75, 3.05) is 11.5 Å². The monoisotopic (exact) mass is 243 g/mol. The second-order valence-electron chi connectivity index (χ2n) is 4.13. The van der Waals surface area contributed by atoms with Crippen molar-refractivity contribution in [2.24, 2.45) is 5.92 Å². The fraction of sp³-hybridized carbons (Fsp3) is 0.636. The summed E-state index contributed by atoms with van der Waals surface area (Å²) in [6.45, 7) is 5.14. The summed E-state index contributed by atoms with van der Waals surface area (Å²) in [5, 5.41) is 11.7. The van der Waals surface area contributed by atoms with Crippen LogP contribution in [0.1, 0.15) is 19.8 Å². The van der Waals surface area contributed by atoms with Gasteiger partial charge >= 0.3 is 5.97 Å². The molecule has 4 nitrogen and oxygen atoms in total. The van der Waals surface area contributed by atoms with Crippen molar-refractivity contribution in [1.82, 2.24) is 5.32 Å². The van der Waals surface area contributed by atoms with Crippen LogP contribution in [0, 0.1) is 5.92 Å². The van der Waals surface area contributed by atoms with Crippen LogP contribution in [0.2, 0.25) is 0 Å². The van der Waals surface area contributed by atoms with Gasteiger partial charge in [-0.05, 0) is 25.7 Å². The molecule has 1 saturated carbocycles. The van der Waals surface area contributed by atoms with Crippen LogP contribution in [0.15, 0.2) is 12.7 Å². The average Bonchev–Trinajstić information content (AvgIpc) is 3.00. The zero-order valence-corrected chi connectivity index (χ0v) is 10.2. The molecule has 1 aliphatic rings. The van der Waals surface area contributed by atoms with Crippen molar-refractivity contribution in [3.63, 3.8) is 0 Å². The Bertz CT molecular complexity index is 302. The summed E-state index contributed by atoms with van der Waals surface area (Å²) in [4.78, 5) is 22.7. The molecule has 0 saturated heterocycles. The molecule has 1 fully saturated rings. The molecule has 0 radical (unpaired) electrons. The lowest BCUT2D eigenvalue weighted by Crippen LogP contribution is -2.54. The van der Waals surface area contributed by atoms with Crippen LogP contribution < -0.4 is 5.32 Å². The van der Waals surface area contributed by atoms with Gasteiger partial charge in [0.15, 0.2) is 0 Å². The molecule has 1 aliphatic carbocycles. The Morgan fingerprint density at radius 2 is 2.25 bits per heavy atom. The molecule has 0 aromatic rings. The van der Waals surface area contributed by atoms with Gasteiger partial charge in [-0.3, -0.25) is 4.79 Å². The molecule has 1 atom stereocenters. The summed E-state index contributed by atoms with van der Waals surface area (Å²) in [6.07, 6.45) is 3.47. The van der Waals surface area contributed by atoms with E-state index in [1.807, 2.05) is 0 Å². The van der Waals surface area contributed by atoms with Crippen molar-refractivity contribution < 1.29 is 14.7 Å². The summed E-state index contributed by atoms with van der Waals surface area (Å²) in [7, 11) is 0. The van der Waals surface area contributed by atoms with Gasteiger partial charge in [-0.25, -0.2) is 4.79 Å². The van der Waals surface area contributed by atoms with Crippen LogP contribution in [-0.4, -0.2) is 34.0 Å². The molecule has 0 aromatic heterocycles. The van der Waals surface area contributed by atoms with E-state index in [-0.39, 0.29) is 17.6 Å². The molecule has 5 heteroatoms. The third-order valence-corrected chi connectivity index (χ3v) is 3.64. The minimum absolute atomic E-state index is 0.0818. The van der Waals surface area contributed by atoms with Gasteiger partial charge in [-0.15, -0.1) is 18.3 Å². The van der Waals surface area contributed by atoms with Crippen LogP contribution in [0.5, 0.6) is 0 Å². The first-order chi connectivity index (χ1) is 7.50. The van der Waals surface area contributed by atoms with Gasteiger partial charge in [0.05, 0.1) is 5.75 Å². The Morgan fingerprint density at radius 1 is 1.62 bits per heavy atom. The first kappa shape index (κ1) is 13.1. The van der Waals surface area contributed by atoms with Crippen molar-refractivity contribution in [2.45, 2.75) is 25.3 Å². The average molecular weight is 243 g/mol. The molecule has 1 unspecified atom stereocenters. The van der Waals surface area contributed by atoms with E-state index in [1.165, 1.54) is 11.8 Å². The summed E-state index contributed by atoms with van der Waals surface area (Å²) in [6, 6.07) is 0. The van der Waals surface area contributed by atoms with E-state index in [0.29, 0.717) is 5.75 Å². The first-order valence-electron chi connectivity index (χ1n) is 5.23. The van der Waals surface area contributed by atoms with Crippen LogP contribution in [-0.2, 0) is 9.59 Å². The summed E-state index contributed by atoms with van der Waals surface area (Å²) < 4.78 is 0.